The number of anilines is 1. The molecule has 0 fully saturated rings. The second-order valence-electron chi connectivity index (χ2n) is 8.21. The quantitative estimate of drug-likeness (QED) is 0.412. The van der Waals surface area contributed by atoms with Gasteiger partial charge in [0.15, 0.2) is 0 Å². The minimum Gasteiger partial charge on any atom is -0.496 e. The van der Waals surface area contributed by atoms with E-state index in [1.54, 1.807) is 7.11 Å². The van der Waals surface area contributed by atoms with Gasteiger partial charge in [-0.05, 0) is 45.0 Å². The highest BCUT2D eigenvalue weighted by molar-refractivity contribution is 6.13. The lowest BCUT2D eigenvalue weighted by Gasteiger charge is -2.13. The number of aryl methyl sites for hydroxylation is 3. The molecular weight excluding hydrogens is 402 g/mol. The topological polar surface area (TPSA) is 80.1 Å². The van der Waals surface area contributed by atoms with Crippen molar-refractivity contribution in [2.45, 2.75) is 20.8 Å². The van der Waals surface area contributed by atoms with Gasteiger partial charge in [-0.25, -0.2) is 9.97 Å². The zero-order valence-electron chi connectivity index (χ0n) is 19.1. The van der Waals surface area contributed by atoms with E-state index in [1.807, 2.05) is 40.9 Å². The summed E-state index contributed by atoms with van der Waals surface area (Å²) in [6.07, 6.45) is 0. The number of nitrogens with zero attached hydrogens (tertiary/aromatic N) is 4. The molecule has 162 valence electrons. The fourth-order valence-corrected chi connectivity index (χ4v) is 4.29. The summed E-state index contributed by atoms with van der Waals surface area (Å²) in [6, 6.07) is 12.5. The third-order valence-corrected chi connectivity index (χ3v) is 5.84. The number of methoxy groups -OCH3 is 1. The molecule has 0 unspecified atom stereocenters. The molecule has 0 amide bonds. The first-order valence-corrected chi connectivity index (χ1v) is 10.5. The number of fused-ring (bicyclic) bond motifs is 3. The summed E-state index contributed by atoms with van der Waals surface area (Å²) in [5.41, 5.74) is 7.55. The summed E-state index contributed by atoms with van der Waals surface area (Å²) < 4.78 is 11.2. The van der Waals surface area contributed by atoms with Gasteiger partial charge in [-0.3, -0.25) is 0 Å². The van der Waals surface area contributed by atoms with E-state index in [0.717, 1.165) is 67.2 Å². The Labute approximate surface area is 186 Å². The average molecular weight is 428 g/mol. The zero-order valence-corrected chi connectivity index (χ0v) is 19.1. The Balaban J connectivity index is 1.79. The van der Waals surface area contributed by atoms with E-state index in [1.165, 1.54) is 0 Å². The van der Waals surface area contributed by atoms with Gasteiger partial charge in [0.1, 0.15) is 23.0 Å². The first kappa shape index (κ1) is 20.1. The maximum Gasteiger partial charge on any atom is 0.142 e. The monoisotopic (exact) mass is 427 g/mol. The van der Waals surface area contributed by atoms with E-state index in [-0.39, 0.29) is 0 Å². The zero-order chi connectivity index (χ0) is 22.6. The molecule has 2 aromatic carbocycles. The number of hydrogen-bond donors (Lipinski definition) is 1. The van der Waals surface area contributed by atoms with Crippen LogP contribution in [0.2, 0.25) is 0 Å². The molecule has 0 spiro atoms. The van der Waals surface area contributed by atoms with Crippen molar-refractivity contribution >= 4 is 27.6 Å². The van der Waals surface area contributed by atoms with Crippen LogP contribution in [0.5, 0.6) is 5.75 Å². The van der Waals surface area contributed by atoms with Crippen LogP contribution in [0, 0.1) is 20.8 Å². The lowest BCUT2D eigenvalue weighted by atomic mass is 9.99. The van der Waals surface area contributed by atoms with E-state index >= 15 is 0 Å². The van der Waals surface area contributed by atoms with Gasteiger partial charge < -0.3 is 19.1 Å². The molecule has 32 heavy (non-hydrogen) atoms. The van der Waals surface area contributed by atoms with Crippen molar-refractivity contribution in [3.05, 3.63) is 53.7 Å². The molecule has 1 N–H and O–H groups in total. The molecule has 0 atom stereocenters. The van der Waals surface area contributed by atoms with Crippen LogP contribution in [-0.4, -0.2) is 41.3 Å². The second-order valence-corrected chi connectivity index (χ2v) is 8.21. The highest BCUT2D eigenvalue weighted by atomic mass is 16.5. The van der Waals surface area contributed by atoms with Crippen LogP contribution < -0.4 is 9.64 Å². The van der Waals surface area contributed by atoms with Crippen molar-refractivity contribution in [1.29, 1.82) is 0 Å². The average Bonchev–Trinajstić information content (AvgIpc) is 3.30. The first-order chi connectivity index (χ1) is 15.4. The number of ether oxygens (including phenoxy) is 1. The second kappa shape index (κ2) is 7.37. The van der Waals surface area contributed by atoms with Gasteiger partial charge in [-0.15, -0.1) is 0 Å². The molecule has 5 aromatic rings. The molecule has 0 aliphatic heterocycles. The molecule has 7 heteroatoms. The summed E-state index contributed by atoms with van der Waals surface area (Å²) in [7, 11) is 5.74. The highest BCUT2D eigenvalue weighted by Gasteiger charge is 2.21. The Hall–Kier alpha value is -3.87. The SMILES string of the molecule is COc1cc2c(cc1-c1c(C)noc1C)[nH]c1nc(C)nc(-c3ccc(N(C)C)cc3)c12. The predicted molar refractivity (Wildman–Crippen MR) is 127 cm³/mol. The lowest BCUT2D eigenvalue weighted by molar-refractivity contribution is 0.393. The van der Waals surface area contributed by atoms with Gasteiger partial charge >= 0.3 is 0 Å². The van der Waals surface area contributed by atoms with Crippen LogP contribution in [0.4, 0.5) is 5.69 Å². The Morgan fingerprint density at radius 2 is 1.75 bits per heavy atom. The van der Waals surface area contributed by atoms with Crippen LogP contribution in [0.25, 0.3) is 44.3 Å². The predicted octanol–water partition coefficient (Wildman–Crippen LogP) is 5.43. The van der Waals surface area contributed by atoms with Crippen LogP contribution >= 0.6 is 0 Å². The van der Waals surface area contributed by atoms with Crippen molar-refractivity contribution in [2.75, 3.05) is 26.1 Å². The van der Waals surface area contributed by atoms with Gasteiger partial charge in [0.05, 0.1) is 29.4 Å². The molecule has 0 saturated carbocycles. The van der Waals surface area contributed by atoms with Crippen molar-refractivity contribution < 1.29 is 9.26 Å². The van der Waals surface area contributed by atoms with Gasteiger partial charge in [0.2, 0.25) is 0 Å². The Bertz CT molecular complexity index is 1440. The maximum atomic E-state index is 5.79. The fourth-order valence-electron chi connectivity index (χ4n) is 4.29. The molecule has 0 saturated heterocycles. The Morgan fingerprint density at radius 3 is 2.38 bits per heavy atom. The third kappa shape index (κ3) is 3.09. The number of benzene rings is 2. The van der Waals surface area contributed by atoms with E-state index in [2.05, 4.69) is 50.4 Å². The smallest absolute Gasteiger partial charge is 0.142 e. The number of hydrogen-bond acceptors (Lipinski definition) is 6. The molecular formula is C25H25N5O2. The van der Waals surface area contributed by atoms with Crippen molar-refractivity contribution in [3.8, 4) is 28.1 Å². The van der Waals surface area contributed by atoms with Gasteiger partial charge in [0.25, 0.3) is 0 Å². The normalized spacial score (nSPS) is 11.4. The fraction of sp³-hybridized carbons (Fsp3) is 0.240. The van der Waals surface area contributed by atoms with Crippen LogP contribution in [-0.2, 0) is 0 Å². The van der Waals surface area contributed by atoms with Crippen molar-refractivity contribution in [3.63, 3.8) is 0 Å². The van der Waals surface area contributed by atoms with E-state index < -0.39 is 0 Å². The molecule has 5 rings (SSSR count). The number of rotatable bonds is 4. The number of nitrogens with one attached hydrogen (secondary N) is 1. The summed E-state index contributed by atoms with van der Waals surface area (Å²) >= 11 is 0. The number of aromatic nitrogens is 4. The van der Waals surface area contributed by atoms with Gasteiger partial charge in [-0.1, -0.05) is 17.3 Å². The molecule has 0 aliphatic rings. The van der Waals surface area contributed by atoms with E-state index in [4.69, 9.17) is 14.2 Å². The number of aromatic amines is 1. The molecule has 3 aromatic heterocycles. The summed E-state index contributed by atoms with van der Waals surface area (Å²) in [5, 5.41) is 6.10. The standard InChI is InChI=1S/C25H25N5O2/c1-13-22(14(2)32-29-13)19-11-20-18(12-21(19)31-6)23-24(26-15(3)27-25(23)28-20)16-7-9-17(10-8-16)30(4)5/h7-12H,1-6H3,(H,26,27,28). The van der Waals surface area contributed by atoms with Gasteiger partial charge in [0, 0.05) is 41.8 Å². The summed E-state index contributed by atoms with van der Waals surface area (Å²) in [5.74, 6) is 2.23. The minimum atomic E-state index is 0.716. The highest BCUT2D eigenvalue weighted by Crippen LogP contribution is 2.41. The van der Waals surface area contributed by atoms with Crippen LogP contribution in [0.3, 0.4) is 0 Å². The van der Waals surface area contributed by atoms with E-state index in [0.29, 0.717) is 5.82 Å². The largest absolute Gasteiger partial charge is 0.496 e. The maximum absolute atomic E-state index is 5.79. The van der Waals surface area contributed by atoms with Crippen molar-refractivity contribution in [1.82, 2.24) is 20.1 Å². The molecule has 0 radical (unpaired) electrons. The molecule has 7 nitrogen and oxygen atoms in total. The summed E-state index contributed by atoms with van der Waals surface area (Å²) in [4.78, 5) is 15.1. The minimum absolute atomic E-state index is 0.716. The first-order valence-electron chi connectivity index (χ1n) is 10.5. The molecule has 0 bridgehead atoms. The Morgan fingerprint density at radius 1 is 1.00 bits per heavy atom. The Kier molecular flexibility index (Phi) is 4.62. The van der Waals surface area contributed by atoms with Crippen molar-refractivity contribution in [2.24, 2.45) is 0 Å². The summed E-state index contributed by atoms with van der Waals surface area (Å²) in [6.45, 7) is 5.76. The third-order valence-electron chi connectivity index (χ3n) is 5.84. The van der Waals surface area contributed by atoms with E-state index in [9.17, 15) is 0 Å². The van der Waals surface area contributed by atoms with Crippen LogP contribution in [0.1, 0.15) is 17.3 Å². The van der Waals surface area contributed by atoms with Gasteiger partial charge in [-0.2, -0.15) is 0 Å². The van der Waals surface area contributed by atoms with Crippen LogP contribution in [0.15, 0.2) is 40.9 Å². The molecule has 0 aliphatic carbocycles. The molecule has 3 heterocycles. The lowest BCUT2D eigenvalue weighted by Crippen LogP contribution is -2.08. The number of H-pyrrole nitrogens is 1.